The van der Waals surface area contributed by atoms with Crippen LogP contribution in [0.2, 0.25) is 0 Å². The quantitative estimate of drug-likeness (QED) is 0.181. The van der Waals surface area contributed by atoms with Crippen LogP contribution in [0.15, 0.2) is 188 Å². The van der Waals surface area contributed by atoms with Crippen LogP contribution in [0.4, 0.5) is 0 Å². The maximum atomic E-state index is 5.68. The number of hydrogen-bond acceptors (Lipinski definition) is 8. The van der Waals surface area contributed by atoms with Gasteiger partial charge in [0.1, 0.15) is 23.0 Å². The second kappa shape index (κ2) is 14.5. The molecule has 0 saturated heterocycles. The average molecular weight is 733 g/mol. The lowest BCUT2D eigenvalue weighted by atomic mass is 9.98. The van der Waals surface area contributed by atoms with Crippen molar-refractivity contribution in [2.75, 3.05) is 28.4 Å². The van der Waals surface area contributed by atoms with Crippen molar-refractivity contribution < 1.29 is 18.9 Å². The van der Waals surface area contributed by atoms with E-state index in [4.69, 9.17) is 38.9 Å². The van der Waals surface area contributed by atoms with Gasteiger partial charge in [0.2, 0.25) is 0 Å². The molecule has 0 saturated carbocycles. The van der Waals surface area contributed by atoms with Gasteiger partial charge in [0.15, 0.2) is 0 Å². The molecule has 56 heavy (non-hydrogen) atoms. The molecule has 0 fully saturated rings. The third-order valence-corrected chi connectivity index (χ3v) is 10.0. The first-order valence-corrected chi connectivity index (χ1v) is 18.2. The molecule has 4 aromatic carbocycles. The number of fused-ring (bicyclic) bond motifs is 4. The van der Waals surface area contributed by atoms with Crippen LogP contribution in [-0.4, -0.2) is 51.3 Å². The van der Waals surface area contributed by atoms with Gasteiger partial charge in [-0.2, -0.15) is 0 Å². The Morgan fingerprint density at radius 2 is 0.536 bits per heavy atom. The molecule has 9 rings (SSSR count). The summed E-state index contributed by atoms with van der Waals surface area (Å²) in [5.41, 5.74) is 13.2. The van der Waals surface area contributed by atoms with Gasteiger partial charge in [0, 0.05) is 22.3 Å². The van der Waals surface area contributed by atoms with Crippen LogP contribution in [0.1, 0.15) is 22.3 Å². The molecule has 5 aliphatic heterocycles. The minimum Gasteiger partial charge on any atom is -0.497 e. The number of allylic oxidation sites excluding steroid dienone is 12. The summed E-state index contributed by atoms with van der Waals surface area (Å²) in [5.74, 6) is 2.94. The molecule has 0 atom stereocenters. The van der Waals surface area contributed by atoms with Crippen molar-refractivity contribution in [1.29, 1.82) is 0 Å². The molecule has 272 valence electrons. The fraction of sp³-hybridized carbons (Fsp3) is 0.0833. The Bertz CT molecular complexity index is 2350. The van der Waals surface area contributed by atoms with Gasteiger partial charge < -0.3 is 18.9 Å². The van der Waals surface area contributed by atoms with Crippen molar-refractivity contribution in [3.8, 4) is 23.0 Å². The average Bonchev–Trinajstić information content (AvgIpc) is 4.09. The van der Waals surface area contributed by atoms with E-state index in [-0.39, 0.29) is 0 Å². The lowest BCUT2D eigenvalue weighted by molar-refractivity contribution is 0.414. The molecule has 8 nitrogen and oxygen atoms in total. The number of aliphatic imine (C=N–C) groups is 4. The fourth-order valence-electron chi connectivity index (χ4n) is 7.38. The molecule has 0 aliphatic carbocycles. The van der Waals surface area contributed by atoms with Crippen LogP contribution >= 0.6 is 0 Å². The molecular formula is C48H36N4O4. The molecule has 5 heterocycles. The normalized spacial score (nSPS) is 16.8. The zero-order chi connectivity index (χ0) is 38.2. The van der Waals surface area contributed by atoms with Crippen molar-refractivity contribution in [2.24, 2.45) is 20.0 Å². The predicted molar refractivity (Wildman–Crippen MR) is 226 cm³/mol. The first kappa shape index (κ1) is 34.4. The Morgan fingerprint density at radius 1 is 0.304 bits per heavy atom. The number of ether oxygens (including phenoxy) is 4. The lowest BCUT2D eigenvalue weighted by Crippen LogP contribution is -2.04. The van der Waals surface area contributed by atoms with Crippen LogP contribution in [0.3, 0.4) is 0 Å². The molecule has 0 aromatic heterocycles. The monoisotopic (exact) mass is 732 g/mol. The topological polar surface area (TPSA) is 86.4 Å². The van der Waals surface area contributed by atoms with Gasteiger partial charge in [0.25, 0.3) is 0 Å². The summed E-state index contributed by atoms with van der Waals surface area (Å²) >= 11 is 0. The predicted octanol–water partition coefficient (Wildman–Crippen LogP) is 9.72. The number of rotatable bonds is 8. The molecule has 0 spiro atoms. The third-order valence-electron chi connectivity index (χ3n) is 10.0. The molecule has 0 unspecified atom stereocenters. The van der Waals surface area contributed by atoms with Crippen molar-refractivity contribution in [3.05, 3.63) is 191 Å². The van der Waals surface area contributed by atoms with Crippen LogP contribution in [0.5, 0.6) is 23.0 Å². The van der Waals surface area contributed by atoms with Crippen LogP contribution in [-0.2, 0) is 0 Å². The van der Waals surface area contributed by atoms with Crippen molar-refractivity contribution in [2.45, 2.75) is 0 Å². The molecule has 0 radical (unpaired) electrons. The summed E-state index contributed by atoms with van der Waals surface area (Å²) < 4.78 is 22.7. The van der Waals surface area contributed by atoms with E-state index in [0.29, 0.717) is 0 Å². The first-order valence-electron chi connectivity index (χ1n) is 18.2. The number of methoxy groups -OCH3 is 4. The largest absolute Gasteiger partial charge is 0.497 e. The standard InChI is InChI=1S/C48H36N4O4/c1-53-33-13-5-9-29(25-33)45-37-17-19-39(49-37)46(30-10-6-14-34(26-30)54-2)41-21-23-43(51-41)48(32-12-8-16-36(28-32)56-4)44-24-22-42(52-44)47(40-20-18-38(45)50-40)31-11-7-15-35(27-31)55-3/h5-28H,1-4H3. The zero-order valence-electron chi connectivity index (χ0n) is 31.3. The van der Waals surface area contributed by atoms with E-state index in [2.05, 4.69) is 24.3 Å². The molecule has 4 aromatic rings. The number of hydrogen-bond donors (Lipinski definition) is 0. The molecule has 0 amide bonds. The van der Waals surface area contributed by atoms with Crippen molar-refractivity contribution in [1.82, 2.24) is 0 Å². The van der Waals surface area contributed by atoms with Crippen LogP contribution < -0.4 is 18.9 Å². The third kappa shape index (κ3) is 6.27. The summed E-state index contributed by atoms with van der Waals surface area (Å²) in [6, 6.07) is 32.0. The Kier molecular flexibility index (Phi) is 8.91. The van der Waals surface area contributed by atoms with Crippen LogP contribution in [0, 0.1) is 0 Å². The molecule has 0 N–H and O–H groups in total. The zero-order valence-corrected chi connectivity index (χ0v) is 31.3. The Balaban J connectivity index is 1.37. The molecule has 8 heteroatoms. The second-order valence-electron chi connectivity index (χ2n) is 13.3. The van der Waals surface area contributed by atoms with E-state index >= 15 is 0 Å². The van der Waals surface area contributed by atoms with Gasteiger partial charge in [-0.25, -0.2) is 20.0 Å². The smallest absolute Gasteiger partial charge is 0.119 e. The summed E-state index contributed by atoms with van der Waals surface area (Å²) in [5, 5.41) is 0. The molecular weight excluding hydrogens is 697 g/mol. The molecule has 5 aliphatic rings. The highest BCUT2D eigenvalue weighted by atomic mass is 16.5. The summed E-state index contributed by atoms with van der Waals surface area (Å²) in [6.45, 7) is 0. The SMILES string of the molecule is COc1cccc(C2=C3C=CC(=N3)C(c3cccc(OC)c3)=C3C=CC(=N3)C(c3cccc(OC)c3)=C3C=CC(=N3)C(c3cccc(OC)c3)=C3C=CC2=N3)c1. The van der Waals surface area contributed by atoms with Gasteiger partial charge in [-0.1, -0.05) is 48.5 Å². The van der Waals surface area contributed by atoms with Gasteiger partial charge in [0.05, 0.1) is 74.1 Å². The maximum absolute atomic E-state index is 5.68. The van der Waals surface area contributed by atoms with Crippen LogP contribution in [0.25, 0.3) is 22.3 Å². The number of nitrogens with zero attached hydrogens (tertiary/aromatic N) is 4. The van der Waals surface area contributed by atoms with E-state index in [1.807, 2.05) is 121 Å². The van der Waals surface area contributed by atoms with E-state index in [1.165, 1.54) is 0 Å². The van der Waals surface area contributed by atoms with E-state index in [0.717, 1.165) is 113 Å². The second-order valence-corrected chi connectivity index (χ2v) is 13.3. The van der Waals surface area contributed by atoms with E-state index < -0.39 is 0 Å². The summed E-state index contributed by atoms with van der Waals surface area (Å²) in [4.78, 5) is 21.4. The van der Waals surface area contributed by atoms with Crippen molar-refractivity contribution in [3.63, 3.8) is 0 Å². The fourth-order valence-corrected chi connectivity index (χ4v) is 7.38. The van der Waals surface area contributed by atoms with Gasteiger partial charge in [-0.05, 0) is 119 Å². The Labute approximate surface area is 325 Å². The summed E-state index contributed by atoms with van der Waals surface area (Å²) in [7, 11) is 6.69. The Morgan fingerprint density at radius 3 is 0.750 bits per heavy atom. The Hall–Kier alpha value is -7.32. The van der Waals surface area contributed by atoms with E-state index in [9.17, 15) is 0 Å². The number of benzene rings is 4. The highest BCUT2D eigenvalue weighted by molar-refractivity contribution is 6.39. The first-order chi connectivity index (χ1) is 27.5. The summed E-state index contributed by atoms with van der Waals surface area (Å²) in [6.07, 6.45) is 16.4. The van der Waals surface area contributed by atoms with E-state index in [1.54, 1.807) is 28.4 Å². The lowest BCUT2D eigenvalue weighted by Gasteiger charge is -2.13. The minimum atomic E-state index is 0.734. The maximum Gasteiger partial charge on any atom is 0.119 e. The van der Waals surface area contributed by atoms with Gasteiger partial charge in [-0.15, -0.1) is 0 Å². The van der Waals surface area contributed by atoms with Gasteiger partial charge in [-0.3, -0.25) is 0 Å². The highest BCUT2D eigenvalue weighted by Gasteiger charge is 2.28. The van der Waals surface area contributed by atoms with Crippen molar-refractivity contribution >= 4 is 45.1 Å². The highest BCUT2D eigenvalue weighted by Crippen LogP contribution is 2.40. The van der Waals surface area contributed by atoms with Gasteiger partial charge >= 0.3 is 0 Å². The molecule has 8 bridgehead atoms. The minimum absolute atomic E-state index is 0.734.